The first kappa shape index (κ1) is 19.1. The Bertz CT molecular complexity index is 699. The second kappa shape index (κ2) is 8.25. The first-order valence-corrected chi connectivity index (χ1v) is 8.10. The molecule has 0 fully saturated rings. The molecule has 136 valence electrons. The van der Waals surface area contributed by atoms with Crippen LogP contribution in [0.25, 0.3) is 0 Å². The summed E-state index contributed by atoms with van der Waals surface area (Å²) in [7, 11) is 0. The molecule has 1 unspecified atom stereocenters. The number of nitrogens with two attached hydrogens (primary N) is 1. The molecule has 0 aromatic heterocycles. The predicted octanol–water partition coefficient (Wildman–Crippen LogP) is 4.57. The minimum absolute atomic E-state index is 0.0198. The van der Waals surface area contributed by atoms with Crippen LogP contribution in [0.2, 0.25) is 0 Å². The summed E-state index contributed by atoms with van der Waals surface area (Å²) in [4.78, 5) is 0. The highest BCUT2D eigenvalue weighted by atomic mass is 19.4. The van der Waals surface area contributed by atoms with Gasteiger partial charge in [-0.05, 0) is 55.7 Å². The maximum Gasteiger partial charge on any atom is 0.416 e. The Labute approximate surface area is 145 Å². The summed E-state index contributed by atoms with van der Waals surface area (Å²) in [5, 5.41) is 0. The van der Waals surface area contributed by atoms with Crippen LogP contribution in [0.1, 0.15) is 30.5 Å². The van der Waals surface area contributed by atoms with Crippen LogP contribution >= 0.6 is 0 Å². The van der Waals surface area contributed by atoms with Gasteiger partial charge in [-0.1, -0.05) is 18.2 Å². The van der Waals surface area contributed by atoms with Crippen LogP contribution in [0.15, 0.2) is 42.5 Å². The second-order valence-corrected chi connectivity index (χ2v) is 5.88. The Hall–Kier alpha value is -2.21. The van der Waals surface area contributed by atoms with Crippen LogP contribution in [0.3, 0.4) is 0 Å². The van der Waals surface area contributed by atoms with E-state index in [0.29, 0.717) is 30.1 Å². The summed E-state index contributed by atoms with van der Waals surface area (Å²) < 4.78 is 49.6. The minimum atomic E-state index is -4.37. The maximum atomic E-state index is 12.8. The molecule has 0 spiro atoms. The summed E-state index contributed by atoms with van der Waals surface area (Å²) >= 11 is 0. The van der Waals surface area contributed by atoms with Crippen molar-refractivity contribution in [3.05, 3.63) is 59.2 Å². The van der Waals surface area contributed by atoms with E-state index in [2.05, 4.69) is 0 Å². The average Bonchev–Trinajstić information content (AvgIpc) is 2.53. The van der Waals surface area contributed by atoms with Gasteiger partial charge in [0.2, 0.25) is 0 Å². The average molecular weight is 353 g/mol. The fourth-order valence-corrected chi connectivity index (χ4v) is 2.44. The van der Waals surface area contributed by atoms with E-state index in [0.717, 1.165) is 17.7 Å². The molecule has 2 N–H and O–H groups in total. The summed E-state index contributed by atoms with van der Waals surface area (Å²) in [6.07, 6.45) is -3.67. The SMILES string of the molecule is CCOc1cc(CC(C)N)ccc1OCc1cccc(C(F)(F)F)c1. The largest absolute Gasteiger partial charge is 0.490 e. The number of hydrogen-bond donors (Lipinski definition) is 1. The van der Waals surface area contributed by atoms with Gasteiger partial charge >= 0.3 is 6.18 Å². The Morgan fingerprint density at radius 1 is 1.00 bits per heavy atom. The molecule has 0 amide bonds. The van der Waals surface area contributed by atoms with E-state index >= 15 is 0 Å². The van der Waals surface area contributed by atoms with Gasteiger partial charge in [-0.15, -0.1) is 0 Å². The van der Waals surface area contributed by atoms with E-state index in [1.54, 1.807) is 12.1 Å². The lowest BCUT2D eigenvalue weighted by Gasteiger charge is -2.15. The Balaban J connectivity index is 2.14. The molecular formula is C19H22F3NO2. The van der Waals surface area contributed by atoms with E-state index in [1.165, 1.54) is 6.07 Å². The third kappa shape index (κ3) is 5.67. The van der Waals surface area contributed by atoms with E-state index < -0.39 is 11.7 Å². The Kier molecular flexibility index (Phi) is 6.31. The molecule has 0 radical (unpaired) electrons. The Morgan fingerprint density at radius 3 is 2.40 bits per heavy atom. The second-order valence-electron chi connectivity index (χ2n) is 5.88. The van der Waals surface area contributed by atoms with Crippen molar-refractivity contribution < 1.29 is 22.6 Å². The van der Waals surface area contributed by atoms with Gasteiger partial charge in [0, 0.05) is 6.04 Å². The van der Waals surface area contributed by atoms with E-state index in [4.69, 9.17) is 15.2 Å². The van der Waals surface area contributed by atoms with Gasteiger partial charge in [-0.25, -0.2) is 0 Å². The van der Waals surface area contributed by atoms with Crippen molar-refractivity contribution >= 4 is 0 Å². The molecule has 0 aliphatic heterocycles. The number of benzene rings is 2. The first-order chi connectivity index (χ1) is 11.8. The van der Waals surface area contributed by atoms with E-state index in [9.17, 15) is 13.2 Å². The van der Waals surface area contributed by atoms with Crippen LogP contribution in [-0.2, 0) is 19.2 Å². The van der Waals surface area contributed by atoms with Gasteiger partial charge in [-0.2, -0.15) is 13.2 Å². The third-order valence-electron chi connectivity index (χ3n) is 3.51. The molecule has 3 nitrogen and oxygen atoms in total. The quantitative estimate of drug-likeness (QED) is 0.793. The molecular weight excluding hydrogens is 331 g/mol. The van der Waals surface area contributed by atoms with Crippen molar-refractivity contribution in [3.8, 4) is 11.5 Å². The van der Waals surface area contributed by atoms with Crippen LogP contribution < -0.4 is 15.2 Å². The van der Waals surface area contributed by atoms with Gasteiger partial charge in [0.15, 0.2) is 11.5 Å². The molecule has 2 rings (SSSR count). The fourth-order valence-electron chi connectivity index (χ4n) is 2.44. The van der Waals surface area contributed by atoms with E-state index in [-0.39, 0.29) is 12.6 Å². The van der Waals surface area contributed by atoms with Gasteiger partial charge in [0.25, 0.3) is 0 Å². The molecule has 0 aliphatic rings. The monoisotopic (exact) mass is 353 g/mol. The van der Waals surface area contributed by atoms with Gasteiger partial charge in [-0.3, -0.25) is 0 Å². The molecule has 0 saturated heterocycles. The molecule has 0 saturated carbocycles. The van der Waals surface area contributed by atoms with Crippen LogP contribution in [-0.4, -0.2) is 12.6 Å². The van der Waals surface area contributed by atoms with Crippen molar-refractivity contribution in [3.63, 3.8) is 0 Å². The summed E-state index contributed by atoms with van der Waals surface area (Å²) in [5.74, 6) is 1.06. The smallest absolute Gasteiger partial charge is 0.416 e. The van der Waals surface area contributed by atoms with Crippen molar-refractivity contribution in [1.29, 1.82) is 0 Å². The molecule has 25 heavy (non-hydrogen) atoms. The van der Waals surface area contributed by atoms with Crippen molar-refractivity contribution in [2.24, 2.45) is 5.73 Å². The number of alkyl halides is 3. The molecule has 0 bridgehead atoms. The summed E-state index contributed by atoms with van der Waals surface area (Å²) in [6, 6.07) is 10.6. The number of rotatable bonds is 7. The highest BCUT2D eigenvalue weighted by molar-refractivity contribution is 5.43. The molecule has 0 heterocycles. The molecule has 2 aromatic carbocycles. The number of hydrogen-bond acceptors (Lipinski definition) is 3. The standard InChI is InChI=1S/C19H22F3NO2/c1-3-24-18-11-14(9-13(2)23)7-8-17(18)25-12-15-5-4-6-16(10-15)19(20,21)22/h4-8,10-11,13H,3,9,12,23H2,1-2H3. The lowest BCUT2D eigenvalue weighted by Crippen LogP contribution is -2.17. The Morgan fingerprint density at radius 2 is 1.76 bits per heavy atom. The lowest BCUT2D eigenvalue weighted by molar-refractivity contribution is -0.137. The summed E-state index contributed by atoms with van der Waals surface area (Å²) in [6.45, 7) is 4.26. The number of ether oxygens (including phenoxy) is 2. The van der Waals surface area contributed by atoms with Crippen molar-refractivity contribution in [2.75, 3.05) is 6.61 Å². The van der Waals surface area contributed by atoms with E-state index in [1.807, 2.05) is 26.0 Å². The summed E-state index contributed by atoms with van der Waals surface area (Å²) in [5.41, 5.74) is 6.58. The molecule has 6 heteroatoms. The fraction of sp³-hybridized carbons (Fsp3) is 0.368. The first-order valence-electron chi connectivity index (χ1n) is 8.10. The third-order valence-corrected chi connectivity index (χ3v) is 3.51. The molecule has 2 aromatic rings. The maximum absolute atomic E-state index is 12.8. The highest BCUT2D eigenvalue weighted by Gasteiger charge is 2.30. The van der Waals surface area contributed by atoms with Crippen molar-refractivity contribution in [2.45, 2.75) is 39.1 Å². The van der Waals surface area contributed by atoms with Gasteiger partial charge < -0.3 is 15.2 Å². The van der Waals surface area contributed by atoms with Crippen LogP contribution in [0.4, 0.5) is 13.2 Å². The zero-order chi connectivity index (χ0) is 18.4. The van der Waals surface area contributed by atoms with Crippen LogP contribution in [0, 0.1) is 0 Å². The van der Waals surface area contributed by atoms with Gasteiger partial charge in [0.05, 0.1) is 12.2 Å². The predicted molar refractivity (Wildman–Crippen MR) is 90.7 cm³/mol. The van der Waals surface area contributed by atoms with Crippen LogP contribution in [0.5, 0.6) is 11.5 Å². The minimum Gasteiger partial charge on any atom is -0.490 e. The van der Waals surface area contributed by atoms with Gasteiger partial charge in [0.1, 0.15) is 6.61 Å². The molecule has 0 aliphatic carbocycles. The van der Waals surface area contributed by atoms with Crippen molar-refractivity contribution in [1.82, 2.24) is 0 Å². The highest BCUT2D eigenvalue weighted by Crippen LogP contribution is 2.32. The zero-order valence-corrected chi connectivity index (χ0v) is 14.3. The zero-order valence-electron chi connectivity index (χ0n) is 14.3. The lowest BCUT2D eigenvalue weighted by atomic mass is 10.1. The molecule has 1 atom stereocenters. The number of halogens is 3. The normalized spacial score (nSPS) is 12.7. The topological polar surface area (TPSA) is 44.5 Å².